The highest BCUT2D eigenvalue weighted by atomic mass is 16.4. The van der Waals surface area contributed by atoms with Crippen LogP contribution in [0.15, 0.2) is 47.9 Å². The van der Waals surface area contributed by atoms with Gasteiger partial charge in [-0.15, -0.1) is 10.2 Å². The van der Waals surface area contributed by atoms with Crippen molar-refractivity contribution in [1.82, 2.24) is 14.8 Å². The molecule has 0 unspecified atom stereocenters. The van der Waals surface area contributed by atoms with Gasteiger partial charge in [0.1, 0.15) is 12.2 Å². The minimum Gasteiger partial charge on any atom is -0.478 e. The van der Waals surface area contributed by atoms with E-state index in [0.717, 1.165) is 17.8 Å². The van der Waals surface area contributed by atoms with E-state index in [1.807, 2.05) is 50.7 Å². The number of allylic oxidation sites excluding steroid dienone is 1. The Labute approximate surface area is 193 Å². The van der Waals surface area contributed by atoms with Crippen LogP contribution in [0.2, 0.25) is 0 Å². The Bertz CT molecular complexity index is 949. The molecule has 0 amide bonds. The number of rotatable bonds is 1. The highest BCUT2D eigenvalue weighted by Crippen LogP contribution is 2.25. The van der Waals surface area contributed by atoms with Crippen molar-refractivity contribution in [2.75, 3.05) is 0 Å². The number of carboxylic acids is 1. The van der Waals surface area contributed by atoms with Gasteiger partial charge in [-0.3, -0.25) is 4.99 Å². The molecule has 2 heterocycles. The van der Waals surface area contributed by atoms with Crippen LogP contribution in [0.3, 0.4) is 0 Å². The summed E-state index contributed by atoms with van der Waals surface area (Å²) in [6.07, 6.45) is 6.76. The Morgan fingerprint density at radius 3 is 1.81 bits per heavy atom. The van der Waals surface area contributed by atoms with Crippen molar-refractivity contribution in [3.63, 3.8) is 0 Å². The van der Waals surface area contributed by atoms with E-state index in [2.05, 4.69) is 62.8 Å². The number of hydrogen-bond donors (Lipinski definition) is 1. The first-order valence-electron chi connectivity index (χ1n) is 10.9. The molecule has 3 rings (SSSR count). The lowest BCUT2D eigenvalue weighted by atomic mass is 9.84. The summed E-state index contributed by atoms with van der Waals surface area (Å²) in [6, 6.07) is 7.12. The van der Waals surface area contributed by atoms with Crippen molar-refractivity contribution in [3.8, 4) is 0 Å². The third kappa shape index (κ3) is 8.40. The molecule has 6 nitrogen and oxygen atoms in total. The predicted octanol–water partition coefficient (Wildman–Crippen LogP) is 6.19. The number of aliphatic imine (C=N–C) groups is 1. The molecule has 1 aliphatic heterocycles. The zero-order valence-electron chi connectivity index (χ0n) is 21.4. The number of aryl methyl sites for hydroxylation is 1. The van der Waals surface area contributed by atoms with E-state index in [1.54, 1.807) is 18.5 Å². The van der Waals surface area contributed by atoms with Crippen molar-refractivity contribution in [2.24, 2.45) is 17.5 Å². The Balaban J connectivity index is 0.000000245. The molecule has 0 saturated heterocycles. The smallest absolute Gasteiger partial charge is 0.335 e. The molecule has 0 aliphatic carbocycles. The van der Waals surface area contributed by atoms with Crippen molar-refractivity contribution >= 4 is 11.7 Å². The Hall–Kier alpha value is -2.76. The van der Waals surface area contributed by atoms with Gasteiger partial charge in [0.15, 0.2) is 0 Å². The summed E-state index contributed by atoms with van der Waals surface area (Å²) in [6.45, 7) is 19.0. The van der Waals surface area contributed by atoms with Crippen LogP contribution in [0.25, 0.3) is 0 Å². The first-order valence-corrected chi connectivity index (χ1v) is 10.9. The zero-order valence-corrected chi connectivity index (χ0v) is 21.4. The molecule has 0 bridgehead atoms. The highest BCUT2D eigenvalue weighted by molar-refractivity contribution is 5.92. The summed E-state index contributed by atoms with van der Waals surface area (Å²) in [7, 11) is 1.96. The molecule has 0 atom stereocenters. The average molecular weight is 441 g/mol. The molecule has 1 aromatic carbocycles. The molecule has 6 heteroatoms. The number of nitrogens with zero attached hydrogens (tertiary/aromatic N) is 4. The van der Waals surface area contributed by atoms with Gasteiger partial charge in [-0.05, 0) is 17.0 Å². The maximum atomic E-state index is 10.9. The number of benzene rings is 1. The summed E-state index contributed by atoms with van der Waals surface area (Å²) in [5.41, 5.74) is 2.82. The fraction of sp³-hybridized carbons (Fsp3) is 0.538. The molecule has 32 heavy (non-hydrogen) atoms. The van der Waals surface area contributed by atoms with Crippen molar-refractivity contribution in [2.45, 2.75) is 79.6 Å². The second-order valence-electron chi connectivity index (χ2n) is 11.0. The molecule has 0 radical (unpaired) electrons. The fourth-order valence-electron chi connectivity index (χ4n) is 3.15. The maximum Gasteiger partial charge on any atom is 0.335 e. The highest BCUT2D eigenvalue weighted by Gasteiger charge is 2.21. The lowest BCUT2D eigenvalue weighted by Gasteiger charge is -2.20. The summed E-state index contributed by atoms with van der Waals surface area (Å²) >= 11 is 0. The molecule has 0 fully saturated rings. The fourth-order valence-corrected chi connectivity index (χ4v) is 3.15. The largest absolute Gasteiger partial charge is 0.478 e. The van der Waals surface area contributed by atoms with E-state index < -0.39 is 5.97 Å². The number of aromatic carboxylic acids is 1. The molecule has 176 valence electrons. The second-order valence-corrected chi connectivity index (χ2v) is 11.0. The Morgan fingerprint density at radius 2 is 1.53 bits per heavy atom. The monoisotopic (exact) mass is 440 g/mol. The molecule has 0 saturated carbocycles. The van der Waals surface area contributed by atoms with Crippen molar-refractivity contribution in [1.29, 1.82) is 0 Å². The summed E-state index contributed by atoms with van der Waals surface area (Å²) in [4.78, 5) is 15.1. The van der Waals surface area contributed by atoms with Gasteiger partial charge in [0.05, 0.1) is 5.56 Å². The SMILES string of the molecule is CC(C)(C)C1=NC=CC1.CC(C)(C)c1ccccc1C(=O)O.Cn1cnnc1C(C)(C)C. The van der Waals surface area contributed by atoms with Gasteiger partial charge in [0.2, 0.25) is 0 Å². The van der Waals surface area contributed by atoms with Crippen LogP contribution in [0.5, 0.6) is 0 Å². The summed E-state index contributed by atoms with van der Waals surface area (Å²) in [5, 5.41) is 16.7. The van der Waals surface area contributed by atoms with E-state index in [1.165, 1.54) is 5.71 Å². The van der Waals surface area contributed by atoms with Crippen LogP contribution in [0.4, 0.5) is 0 Å². The van der Waals surface area contributed by atoms with E-state index in [-0.39, 0.29) is 16.2 Å². The van der Waals surface area contributed by atoms with Crippen LogP contribution in [0, 0.1) is 5.41 Å². The third-order valence-electron chi connectivity index (χ3n) is 4.86. The number of carbonyl (C=O) groups is 1. The van der Waals surface area contributed by atoms with Gasteiger partial charge in [0.25, 0.3) is 0 Å². The van der Waals surface area contributed by atoms with Gasteiger partial charge in [-0.25, -0.2) is 4.79 Å². The maximum absolute atomic E-state index is 10.9. The zero-order chi connectivity index (χ0) is 24.7. The lowest BCUT2D eigenvalue weighted by Crippen LogP contribution is -2.17. The topological polar surface area (TPSA) is 80.4 Å². The third-order valence-corrected chi connectivity index (χ3v) is 4.86. The molecule has 1 aromatic heterocycles. The molecular formula is C26H40N4O2. The van der Waals surface area contributed by atoms with E-state index >= 15 is 0 Å². The first kappa shape index (κ1) is 27.3. The van der Waals surface area contributed by atoms with Gasteiger partial charge >= 0.3 is 5.97 Å². The van der Waals surface area contributed by atoms with Crippen LogP contribution < -0.4 is 0 Å². The number of aromatic nitrogens is 3. The van der Waals surface area contributed by atoms with Gasteiger partial charge in [-0.2, -0.15) is 0 Å². The van der Waals surface area contributed by atoms with E-state index in [9.17, 15) is 4.79 Å². The minimum atomic E-state index is -0.856. The Morgan fingerprint density at radius 1 is 0.938 bits per heavy atom. The van der Waals surface area contributed by atoms with Crippen LogP contribution >= 0.6 is 0 Å². The first-order chi connectivity index (χ1) is 14.5. The Kier molecular flexibility index (Phi) is 9.13. The predicted molar refractivity (Wildman–Crippen MR) is 132 cm³/mol. The normalized spacial score (nSPS) is 13.5. The van der Waals surface area contributed by atoms with Crippen LogP contribution in [-0.4, -0.2) is 31.6 Å². The van der Waals surface area contributed by atoms with Gasteiger partial charge in [0, 0.05) is 36.2 Å². The van der Waals surface area contributed by atoms with Gasteiger partial charge in [-0.1, -0.05) is 86.6 Å². The summed E-state index contributed by atoms with van der Waals surface area (Å²) < 4.78 is 1.94. The minimum absolute atomic E-state index is 0.102. The molecule has 0 spiro atoms. The second kappa shape index (κ2) is 10.7. The standard InChI is InChI=1S/C11H14O2.C8H13N.C7H13N3/c1-11(2,3)9-7-5-4-6-8(9)10(12)13;1-8(2,3)7-5-4-6-9-7;1-7(2,3)6-9-8-5-10(6)4/h4-7H,1-3H3,(H,12,13);4,6H,5H2,1-3H3;5H,1-4H3. The molecular weight excluding hydrogens is 400 g/mol. The van der Waals surface area contributed by atoms with Crippen LogP contribution in [-0.2, 0) is 17.9 Å². The van der Waals surface area contributed by atoms with E-state index in [4.69, 9.17) is 5.11 Å². The molecule has 1 N–H and O–H groups in total. The molecule has 2 aromatic rings. The van der Waals surface area contributed by atoms with Gasteiger partial charge < -0.3 is 9.67 Å². The van der Waals surface area contributed by atoms with Crippen molar-refractivity contribution < 1.29 is 9.90 Å². The summed E-state index contributed by atoms with van der Waals surface area (Å²) in [5.74, 6) is 0.165. The van der Waals surface area contributed by atoms with E-state index in [0.29, 0.717) is 5.56 Å². The van der Waals surface area contributed by atoms with Crippen molar-refractivity contribution in [3.05, 3.63) is 59.8 Å². The molecule has 1 aliphatic rings. The number of hydrogen-bond acceptors (Lipinski definition) is 4. The number of carboxylic acid groups (broad SMARTS) is 1. The van der Waals surface area contributed by atoms with Crippen LogP contribution in [0.1, 0.15) is 90.5 Å². The average Bonchev–Trinajstić information content (AvgIpc) is 3.33. The quantitative estimate of drug-likeness (QED) is 0.573. The lowest BCUT2D eigenvalue weighted by molar-refractivity contribution is 0.0694.